The van der Waals surface area contributed by atoms with Gasteiger partial charge in [-0.05, 0) is 29.9 Å². The molecule has 0 radical (unpaired) electrons. The lowest BCUT2D eigenvalue weighted by Crippen LogP contribution is -1.80. The summed E-state index contributed by atoms with van der Waals surface area (Å²) in [5.74, 6) is -0.262. The molecule has 0 saturated heterocycles. The van der Waals surface area contributed by atoms with Gasteiger partial charge in [0.1, 0.15) is 5.82 Å². The van der Waals surface area contributed by atoms with Crippen LogP contribution in [0.25, 0.3) is 0 Å². The van der Waals surface area contributed by atoms with Crippen molar-refractivity contribution in [3.05, 3.63) is 39.6 Å². The zero-order valence-electron chi connectivity index (χ0n) is 7.48. The molecule has 0 bridgehead atoms. The van der Waals surface area contributed by atoms with Crippen LogP contribution in [0.15, 0.2) is 29.3 Å². The van der Waals surface area contributed by atoms with E-state index in [0.29, 0.717) is 9.09 Å². The first-order valence-electron chi connectivity index (χ1n) is 4.09. The van der Waals surface area contributed by atoms with Crippen LogP contribution in [0.2, 0.25) is 0 Å². The van der Waals surface area contributed by atoms with Gasteiger partial charge in [-0.2, -0.15) is 0 Å². The highest BCUT2D eigenvalue weighted by Gasteiger charge is 1.93. The number of H-pyrrole nitrogens is 1. The Labute approximate surface area is 94.3 Å². The molecule has 0 spiro atoms. The molecule has 6 heteroatoms. The second kappa shape index (κ2) is 4.41. The first-order valence-corrected chi connectivity index (χ1v) is 5.32. The Morgan fingerprint density at radius 2 is 2.13 bits per heavy atom. The molecule has 15 heavy (non-hydrogen) atoms. The van der Waals surface area contributed by atoms with Crippen LogP contribution in [0.5, 0.6) is 0 Å². The van der Waals surface area contributed by atoms with Crippen molar-refractivity contribution in [1.29, 1.82) is 0 Å². The number of benzene rings is 1. The van der Waals surface area contributed by atoms with E-state index in [1.165, 1.54) is 23.5 Å². The van der Waals surface area contributed by atoms with Crippen LogP contribution < -0.4 is 0 Å². The number of aromatic nitrogens is 2. The van der Waals surface area contributed by atoms with Gasteiger partial charge in [-0.1, -0.05) is 23.5 Å². The van der Waals surface area contributed by atoms with Crippen LogP contribution in [0.4, 0.5) is 9.52 Å². The minimum absolute atomic E-state index is 0.262. The van der Waals surface area contributed by atoms with Gasteiger partial charge in [0.2, 0.25) is 5.13 Å². The smallest absolute Gasteiger partial charge is 0.230 e. The second-order valence-electron chi connectivity index (χ2n) is 2.71. The van der Waals surface area contributed by atoms with E-state index in [9.17, 15) is 4.39 Å². The highest BCUT2D eigenvalue weighted by Crippen LogP contribution is 2.14. The summed E-state index contributed by atoms with van der Waals surface area (Å²) >= 11 is 6.14. The van der Waals surface area contributed by atoms with Crippen LogP contribution in [0.1, 0.15) is 5.56 Å². The van der Waals surface area contributed by atoms with Crippen molar-refractivity contribution in [2.75, 3.05) is 0 Å². The fraction of sp³-hybridized carbons (Fsp3) is 0. The maximum atomic E-state index is 12.6. The van der Waals surface area contributed by atoms with Gasteiger partial charge in [-0.25, -0.2) is 9.38 Å². The van der Waals surface area contributed by atoms with Crippen molar-refractivity contribution in [2.45, 2.75) is 0 Å². The van der Waals surface area contributed by atoms with E-state index in [4.69, 9.17) is 12.2 Å². The molecular formula is C9H6FN3S2. The molecule has 0 aliphatic rings. The summed E-state index contributed by atoms with van der Waals surface area (Å²) in [6.45, 7) is 0. The summed E-state index contributed by atoms with van der Waals surface area (Å²) in [5, 5.41) is 7.05. The number of hydrogen-bond donors (Lipinski definition) is 1. The van der Waals surface area contributed by atoms with Gasteiger partial charge in [0.15, 0.2) is 3.95 Å². The molecule has 0 amide bonds. The van der Waals surface area contributed by atoms with Crippen LogP contribution in [0, 0.1) is 9.77 Å². The van der Waals surface area contributed by atoms with Crippen molar-refractivity contribution in [2.24, 2.45) is 4.99 Å². The zero-order valence-corrected chi connectivity index (χ0v) is 9.11. The lowest BCUT2D eigenvalue weighted by molar-refractivity contribution is 0.628. The maximum absolute atomic E-state index is 12.6. The van der Waals surface area contributed by atoms with E-state index in [1.807, 2.05) is 0 Å². The molecule has 0 aliphatic carbocycles. The van der Waals surface area contributed by atoms with Crippen LogP contribution in [-0.2, 0) is 0 Å². The van der Waals surface area contributed by atoms with Crippen LogP contribution in [0.3, 0.4) is 0 Å². The molecule has 0 unspecified atom stereocenters. The predicted molar refractivity (Wildman–Crippen MR) is 61.0 cm³/mol. The third-order valence-corrected chi connectivity index (χ3v) is 2.62. The number of nitrogens with zero attached hydrogens (tertiary/aromatic N) is 2. The van der Waals surface area contributed by atoms with E-state index in [-0.39, 0.29) is 5.82 Å². The number of aromatic amines is 1. The number of hydrogen-bond acceptors (Lipinski definition) is 4. The zero-order chi connectivity index (χ0) is 10.7. The Bertz CT molecular complexity index is 527. The normalized spacial score (nSPS) is 11.0. The fourth-order valence-electron chi connectivity index (χ4n) is 0.956. The SMILES string of the molecule is Fc1ccc(/C=N/c2n[nH]c(=S)s2)cc1. The molecule has 1 heterocycles. The van der Waals surface area contributed by atoms with Gasteiger partial charge in [0.25, 0.3) is 0 Å². The number of halogens is 1. The third-order valence-electron chi connectivity index (χ3n) is 1.62. The first-order chi connectivity index (χ1) is 7.24. The standard InChI is InChI=1S/C9H6FN3S2/c10-7-3-1-6(2-4-7)5-11-8-12-13-9(14)15-8/h1-5H,(H,13,14)/b11-5+. The fourth-order valence-corrected chi connectivity index (χ4v) is 1.68. The molecule has 76 valence electrons. The van der Waals surface area contributed by atoms with E-state index in [0.717, 1.165) is 5.56 Å². The lowest BCUT2D eigenvalue weighted by Gasteiger charge is -1.90. The summed E-state index contributed by atoms with van der Waals surface area (Å²) in [5.41, 5.74) is 0.817. The van der Waals surface area contributed by atoms with E-state index >= 15 is 0 Å². The molecule has 2 rings (SSSR count). The van der Waals surface area contributed by atoms with Gasteiger partial charge >= 0.3 is 0 Å². The number of aliphatic imine (C=N–C) groups is 1. The monoisotopic (exact) mass is 239 g/mol. The Kier molecular flexibility index (Phi) is 2.98. The summed E-state index contributed by atoms with van der Waals surface area (Å²) in [4.78, 5) is 4.09. The van der Waals surface area contributed by atoms with Gasteiger partial charge < -0.3 is 0 Å². The quantitative estimate of drug-likeness (QED) is 0.646. The Morgan fingerprint density at radius 1 is 1.40 bits per heavy atom. The molecular weight excluding hydrogens is 233 g/mol. The Morgan fingerprint density at radius 3 is 2.73 bits per heavy atom. The lowest BCUT2D eigenvalue weighted by atomic mass is 10.2. The molecule has 1 aromatic carbocycles. The topological polar surface area (TPSA) is 41.0 Å². The Balaban J connectivity index is 2.18. The van der Waals surface area contributed by atoms with Gasteiger partial charge in [-0.15, -0.1) is 5.10 Å². The largest absolute Gasteiger partial charge is 0.256 e. The maximum Gasteiger partial charge on any atom is 0.230 e. The van der Waals surface area contributed by atoms with Crippen molar-refractivity contribution < 1.29 is 4.39 Å². The van der Waals surface area contributed by atoms with Crippen LogP contribution >= 0.6 is 23.6 Å². The summed E-state index contributed by atoms with van der Waals surface area (Å²) in [7, 11) is 0. The van der Waals surface area contributed by atoms with Crippen LogP contribution in [-0.4, -0.2) is 16.4 Å². The molecule has 1 aromatic heterocycles. The minimum Gasteiger partial charge on any atom is -0.256 e. The van der Waals surface area contributed by atoms with Crippen molar-refractivity contribution in [3.63, 3.8) is 0 Å². The average molecular weight is 239 g/mol. The van der Waals surface area contributed by atoms with Gasteiger partial charge in [-0.3, -0.25) is 5.10 Å². The van der Waals surface area contributed by atoms with Crippen molar-refractivity contribution in [1.82, 2.24) is 10.2 Å². The third kappa shape index (κ3) is 2.77. The van der Waals surface area contributed by atoms with Crippen molar-refractivity contribution >= 4 is 34.9 Å². The summed E-state index contributed by atoms with van der Waals surface area (Å²) in [6, 6.07) is 6.05. The predicted octanol–water partition coefficient (Wildman–Crippen LogP) is 3.09. The molecule has 2 aromatic rings. The molecule has 0 fully saturated rings. The summed E-state index contributed by atoms with van der Waals surface area (Å²) < 4.78 is 13.2. The van der Waals surface area contributed by atoms with E-state index in [2.05, 4.69) is 15.2 Å². The first kappa shape index (κ1) is 10.1. The minimum atomic E-state index is -0.262. The molecule has 3 nitrogen and oxygen atoms in total. The molecule has 0 aliphatic heterocycles. The Hall–Kier alpha value is -1.40. The molecule has 1 N–H and O–H groups in total. The summed E-state index contributed by atoms with van der Waals surface area (Å²) in [6.07, 6.45) is 1.61. The highest BCUT2D eigenvalue weighted by molar-refractivity contribution is 7.73. The molecule has 0 saturated carbocycles. The van der Waals surface area contributed by atoms with Gasteiger partial charge in [0.05, 0.1) is 0 Å². The van der Waals surface area contributed by atoms with Crippen molar-refractivity contribution in [3.8, 4) is 0 Å². The number of rotatable bonds is 2. The molecule has 0 atom stereocenters. The highest BCUT2D eigenvalue weighted by atomic mass is 32.1. The van der Waals surface area contributed by atoms with E-state index in [1.54, 1.807) is 18.3 Å². The average Bonchev–Trinajstić information content (AvgIpc) is 2.64. The van der Waals surface area contributed by atoms with Gasteiger partial charge in [0, 0.05) is 6.21 Å². The number of nitrogens with one attached hydrogen (secondary N) is 1. The van der Waals surface area contributed by atoms with E-state index < -0.39 is 0 Å². The second-order valence-corrected chi connectivity index (χ2v) is 4.35.